The highest BCUT2D eigenvalue weighted by atomic mass is 16.5. The van der Waals surface area contributed by atoms with Gasteiger partial charge in [0.05, 0.1) is 0 Å². The van der Waals surface area contributed by atoms with Crippen LogP contribution in [0.2, 0.25) is 0 Å². The summed E-state index contributed by atoms with van der Waals surface area (Å²) in [6.07, 6.45) is 4.82. The molecule has 13 heavy (non-hydrogen) atoms. The Morgan fingerprint density at radius 3 is 2.08 bits per heavy atom. The molecule has 1 N–H and O–H groups in total. The van der Waals surface area contributed by atoms with Crippen molar-refractivity contribution in [3.05, 3.63) is 0 Å². The lowest BCUT2D eigenvalue weighted by atomic mass is 10.3. The van der Waals surface area contributed by atoms with Gasteiger partial charge < -0.3 is 9.84 Å². The highest BCUT2D eigenvalue weighted by Gasteiger charge is 1.87. The summed E-state index contributed by atoms with van der Waals surface area (Å²) in [5.41, 5.74) is 0. The van der Waals surface area contributed by atoms with E-state index in [1.165, 1.54) is 19.3 Å². The van der Waals surface area contributed by atoms with Crippen LogP contribution in [0.5, 0.6) is 0 Å². The molecule has 0 radical (unpaired) electrons. The highest BCUT2D eigenvalue weighted by molar-refractivity contribution is 5.66. The summed E-state index contributed by atoms with van der Waals surface area (Å²) >= 11 is 0. The number of ether oxygens (including phenoxy) is 1. The van der Waals surface area contributed by atoms with Crippen LogP contribution in [0.1, 0.15) is 46.0 Å². The molecule has 0 fully saturated rings. The van der Waals surface area contributed by atoms with Crippen LogP contribution in [0.3, 0.4) is 0 Å². The minimum atomic E-state index is -0.711. The molecule has 0 aliphatic heterocycles. The maximum absolute atomic E-state index is 9.60. The van der Waals surface area contributed by atoms with E-state index < -0.39 is 5.97 Å². The number of carbonyl (C=O) groups is 1. The Hall–Kier alpha value is -0.570. The van der Waals surface area contributed by atoms with Crippen molar-refractivity contribution in [1.82, 2.24) is 0 Å². The molecule has 0 aliphatic rings. The van der Waals surface area contributed by atoms with E-state index in [9.17, 15) is 4.79 Å². The zero-order valence-electron chi connectivity index (χ0n) is 9.01. The SMILES string of the molecule is CCCC(=O)O.CCCCCOC. The Morgan fingerprint density at radius 1 is 1.23 bits per heavy atom. The summed E-state index contributed by atoms with van der Waals surface area (Å²) in [6.45, 7) is 4.96. The molecule has 80 valence electrons. The summed E-state index contributed by atoms with van der Waals surface area (Å²) in [4.78, 5) is 9.60. The van der Waals surface area contributed by atoms with E-state index in [1.54, 1.807) is 7.11 Å². The number of unbranched alkanes of at least 4 members (excludes halogenated alkanes) is 2. The Morgan fingerprint density at radius 2 is 1.85 bits per heavy atom. The van der Waals surface area contributed by atoms with Gasteiger partial charge in [0.1, 0.15) is 0 Å². The van der Waals surface area contributed by atoms with Crippen LogP contribution in [0.15, 0.2) is 0 Å². The molecule has 0 spiro atoms. The van der Waals surface area contributed by atoms with Crippen LogP contribution in [0.25, 0.3) is 0 Å². The topological polar surface area (TPSA) is 46.5 Å². The van der Waals surface area contributed by atoms with Crippen LogP contribution in [0, 0.1) is 0 Å². The van der Waals surface area contributed by atoms with Crippen molar-refractivity contribution in [2.24, 2.45) is 0 Å². The van der Waals surface area contributed by atoms with Crippen molar-refractivity contribution in [3.63, 3.8) is 0 Å². The molecule has 0 saturated heterocycles. The van der Waals surface area contributed by atoms with Crippen LogP contribution in [-0.4, -0.2) is 24.8 Å². The van der Waals surface area contributed by atoms with E-state index in [0.29, 0.717) is 6.42 Å². The fourth-order valence-electron chi connectivity index (χ4n) is 0.710. The van der Waals surface area contributed by atoms with Gasteiger partial charge in [-0.2, -0.15) is 0 Å². The molecule has 0 aromatic carbocycles. The van der Waals surface area contributed by atoms with Crippen molar-refractivity contribution >= 4 is 5.97 Å². The summed E-state index contributed by atoms with van der Waals surface area (Å²) in [5.74, 6) is -0.711. The minimum absolute atomic E-state index is 0.292. The summed E-state index contributed by atoms with van der Waals surface area (Å²) in [7, 11) is 1.75. The van der Waals surface area contributed by atoms with Gasteiger partial charge in [0.2, 0.25) is 0 Å². The molecule has 0 heterocycles. The van der Waals surface area contributed by atoms with Crippen molar-refractivity contribution in [2.75, 3.05) is 13.7 Å². The number of aliphatic carboxylic acids is 1. The van der Waals surface area contributed by atoms with Crippen LogP contribution < -0.4 is 0 Å². The van der Waals surface area contributed by atoms with Crippen LogP contribution >= 0.6 is 0 Å². The number of hydrogen-bond donors (Lipinski definition) is 1. The second-order valence-corrected chi connectivity index (χ2v) is 2.84. The zero-order valence-corrected chi connectivity index (χ0v) is 9.01. The maximum Gasteiger partial charge on any atom is 0.303 e. The molecular formula is C10H22O3. The zero-order chi connectivity index (χ0) is 10.5. The number of methoxy groups -OCH3 is 1. The number of hydrogen-bond acceptors (Lipinski definition) is 2. The largest absolute Gasteiger partial charge is 0.481 e. The first-order valence-corrected chi connectivity index (χ1v) is 4.89. The van der Waals surface area contributed by atoms with Gasteiger partial charge in [0.15, 0.2) is 0 Å². The number of carboxylic acid groups (broad SMARTS) is 1. The molecule has 0 saturated carbocycles. The van der Waals surface area contributed by atoms with Gasteiger partial charge in [0, 0.05) is 20.1 Å². The molecule has 0 unspecified atom stereocenters. The van der Waals surface area contributed by atoms with Gasteiger partial charge in [-0.1, -0.05) is 26.7 Å². The molecule has 0 amide bonds. The van der Waals surface area contributed by atoms with Crippen LogP contribution in [-0.2, 0) is 9.53 Å². The van der Waals surface area contributed by atoms with E-state index in [1.807, 2.05) is 6.92 Å². The Balaban J connectivity index is 0. The summed E-state index contributed by atoms with van der Waals surface area (Å²) in [6, 6.07) is 0. The predicted octanol–water partition coefficient (Wildman–Crippen LogP) is 2.69. The van der Waals surface area contributed by atoms with Crippen molar-refractivity contribution in [2.45, 2.75) is 46.0 Å². The lowest BCUT2D eigenvalue weighted by Crippen LogP contribution is -1.90. The second kappa shape index (κ2) is 14.0. The van der Waals surface area contributed by atoms with Crippen molar-refractivity contribution in [3.8, 4) is 0 Å². The van der Waals surface area contributed by atoms with E-state index in [-0.39, 0.29) is 0 Å². The molecule has 0 aromatic heterocycles. The van der Waals surface area contributed by atoms with E-state index in [2.05, 4.69) is 6.92 Å². The van der Waals surface area contributed by atoms with Crippen molar-refractivity contribution in [1.29, 1.82) is 0 Å². The predicted molar refractivity (Wildman–Crippen MR) is 53.9 cm³/mol. The Kier molecular flexibility index (Phi) is 16.1. The summed E-state index contributed by atoms with van der Waals surface area (Å²) in [5, 5.41) is 7.91. The average Bonchev–Trinajstić information content (AvgIpc) is 2.06. The maximum atomic E-state index is 9.60. The normalized spacial score (nSPS) is 8.85. The van der Waals surface area contributed by atoms with Gasteiger partial charge in [-0.15, -0.1) is 0 Å². The molecule has 0 aromatic rings. The van der Waals surface area contributed by atoms with Gasteiger partial charge in [-0.05, 0) is 12.8 Å². The Bertz CT molecular complexity index is 98.3. The first-order valence-electron chi connectivity index (χ1n) is 4.89. The number of rotatable bonds is 6. The standard InChI is InChI=1S/C6H14O.C4H8O2/c1-3-4-5-6-7-2;1-2-3-4(5)6/h3-6H2,1-2H3;2-3H2,1H3,(H,5,6). The van der Waals surface area contributed by atoms with Crippen molar-refractivity contribution < 1.29 is 14.6 Å². The van der Waals surface area contributed by atoms with Gasteiger partial charge >= 0.3 is 5.97 Å². The quantitative estimate of drug-likeness (QED) is 0.655. The molecule has 0 bridgehead atoms. The van der Waals surface area contributed by atoms with Gasteiger partial charge in [0.25, 0.3) is 0 Å². The summed E-state index contributed by atoms with van der Waals surface area (Å²) < 4.78 is 4.84. The molecule has 0 rings (SSSR count). The van der Waals surface area contributed by atoms with Crippen LogP contribution in [0.4, 0.5) is 0 Å². The number of carboxylic acids is 1. The second-order valence-electron chi connectivity index (χ2n) is 2.84. The third-order valence-corrected chi connectivity index (χ3v) is 1.42. The lowest BCUT2D eigenvalue weighted by Gasteiger charge is -1.92. The first-order chi connectivity index (χ1) is 6.18. The lowest BCUT2D eigenvalue weighted by molar-refractivity contribution is -0.137. The van der Waals surface area contributed by atoms with E-state index in [4.69, 9.17) is 9.84 Å². The molecule has 0 atom stereocenters. The average molecular weight is 190 g/mol. The van der Waals surface area contributed by atoms with Gasteiger partial charge in [-0.3, -0.25) is 4.79 Å². The fraction of sp³-hybridized carbons (Fsp3) is 0.900. The minimum Gasteiger partial charge on any atom is -0.481 e. The third kappa shape index (κ3) is 24.6. The fourth-order valence-corrected chi connectivity index (χ4v) is 0.710. The monoisotopic (exact) mass is 190 g/mol. The highest BCUT2D eigenvalue weighted by Crippen LogP contribution is 1.91. The molecule has 0 aliphatic carbocycles. The molecule has 3 heteroatoms. The third-order valence-electron chi connectivity index (χ3n) is 1.42. The first kappa shape index (κ1) is 14.9. The van der Waals surface area contributed by atoms with Gasteiger partial charge in [-0.25, -0.2) is 0 Å². The van der Waals surface area contributed by atoms with E-state index in [0.717, 1.165) is 13.0 Å². The molecule has 3 nitrogen and oxygen atoms in total. The Labute approximate surface area is 81.1 Å². The molecular weight excluding hydrogens is 168 g/mol. The van der Waals surface area contributed by atoms with E-state index >= 15 is 0 Å². The smallest absolute Gasteiger partial charge is 0.303 e.